The van der Waals surface area contributed by atoms with Crippen molar-refractivity contribution in [2.24, 2.45) is 10.8 Å². The van der Waals surface area contributed by atoms with E-state index in [2.05, 4.69) is 78.6 Å². The van der Waals surface area contributed by atoms with Gasteiger partial charge in [-0.25, -0.2) is 0 Å². The minimum Gasteiger partial charge on any atom is -0.512 e. The Hall–Kier alpha value is -3.57. The molecule has 0 spiro atoms. The molecule has 0 unspecified atom stereocenters. The molecule has 4 nitrogen and oxygen atoms in total. The van der Waals surface area contributed by atoms with Crippen molar-refractivity contribution >= 4 is 60.6 Å². The van der Waals surface area contributed by atoms with E-state index in [1.165, 1.54) is 53.6 Å². The van der Waals surface area contributed by atoms with Gasteiger partial charge in [0.25, 0.3) is 0 Å². The van der Waals surface area contributed by atoms with Crippen molar-refractivity contribution in [2.75, 3.05) is 0 Å². The number of aryl methyl sites for hydroxylation is 1. The average Bonchev–Trinajstić information content (AvgIpc) is 2.95. The maximum atomic E-state index is 11.5. The van der Waals surface area contributed by atoms with Gasteiger partial charge in [-0.05, 0) is 56.9 Å². The summed E-state index contributed by atoms with van der Waals surface area (Å²) in [6.07, 6.45) is 5.24. The molecule has 7 rings (SSSR count). The number of ketones is 1. The van der Waals surface area contributed by atoms with Crippen LogP contribution >= 0.6 is 11.8 Å². The van der Waals surface area contributed by atoms with Crippen LogP contribution in [-0.4, -0.2) is 20.9 Å². The summed E-state index contributed by atoms with van der Waals surface area (Å²) in [6.45, 7) is 13.2. The summed E-state index contributed by atoms with van der Waals surface area (Å²) in [5.74, 6) is 0.104. The molecule has 6 aromatic rings. The molecule has 3 heterocycles. The Kier molecular flexibility index (Phi) is 8.50. The van der Waals surface area contributed by atoms with E-state index in [1.54, 1.807) is 0 Å². The number of aliphatic hydroxyl groups is 1. The molecule has 0 saturated heterocycles. The molecule has 2 aromatic heterocycles. The molecule has 1 aliphatic rings. The monoisotopic (exact) mass is 776 g/mol. The van der Waals surface area contributed by atoms with E-state index in [-0.39, 0.29) is 37.1 Å². The Balaban J connectivity index is 0.000000237. The molecule has 1 N–H and O–H groups in total. The third-order valence-corrected chi connectivity index (χ3v) is 8.91. The van der Waals surface area contributed by atoms with Gasteiger partial charge in [-0.3, -0.25) is 14.8 Å². The topological polar surface area (TPSA) is 63.1 Å². The molecule has 0 aliphatic carbocycles. The van der Waals surface area contributed by atoms with Crippen LogP contribution in [0.2, 0.25) is 0 Å². The number of carbonyl (C=O) groups is 1. The summed E-state index contributed by atoms with van der Waals surface area (Å²) in [6, 6.07) is 25.4. The van der Waals surface area contributed by atoms with Crippen LogP contribution in [0, 0.1) is 23.8 Å². The molecule has 4 aromatic carbocycles. The molecule has 225 valence electrons. The zero-order valence-electron chi connectivity index (χ0n) is 26.0. The third-order valence-electron chi connectivity index (χ3n) is 7.83. The largest absolute Gasteiger partial charge is 0.512 e. The Bertz CT molecular complexity index is 2120. The van der Waals surface area contributed by atoms with Gasteiger partial charge in [0, 0.05) is 71.1 Å². The second-order valence-corrected chi connectivity index (χ2v) is 14.3. The number of benzene rings is 4. The van der Waals surface area contributed by atoms with Gasteiger partial charge in [-0.15, -0.1) is 35.3 Å². The number of aromatic nitrogens is 2. The van der Waals surface area contributed by atoms with E-state index in [0.717, 1.165) is 22.3 Å². The van der Waals surface area contributed by atoms with Gasteiger partial charge in [-0.2, -0.15) is 0 Å². The summed E-state index contributed by atoms with van der Waals surface area (Å²) in [5.41, 5.74) is 2.42. The molecular weight excluding hydrogens is 741 g/mol. The summed E-state index contributed by atoms with van der Waals surface area (Å²) in [7, 11) is 0. The average molecular weight is 776 g/mol. The van der Waals surface area contributed by atoms with Crippen LogP contribution < -0.4 is 0 Å². The number of carbonyl (C=O) groups excluding carboxylic acids is 1. The van der Waals surface area contributed by atoms with E-state index >= 15 is 0 Å². The number of nitrogens with zero attached hydrogens (tertiary/aromatic N) is 2. The van der Waals surface area contributed by atoms with Crippen molar-refractivity contribution < 1.29 is 30.0 Å². The molecule has 1 aliphatic heterocycles. The minimum atomic E-state index is -0.417. The van der Waals surface area contributed by atoms with Crippen molar-refractivity contribution in [3.63, 3.8) is 0 Å². The zero-order valence-corrected chi connectivity index (χ0v) is 29.2. The standard InChI is InChI=1S/C27H15N2S.C11H20O2.Ir/c1-15-10-21-18(14-29-15)6-7-19-20-8-9-28-27-23-11-16-4-2-3-5-17(16)12-24(23)30-25(26(20)27)13-22(19)21;1-10(2,3)8(12)7-9(13)11(4,5)6;/h2-10,12-14H,1H3;7,12H,1-6H3;/q-1;;/b;8-7-;. The first kappa shape index (κ1) is 31.8. The van der Waals surface area contributed by atoms with Crippen molar-refractivity contribution in [3.8, 4) is 11.3 Å². The molecule has 0 bridgehead atoms. The molecule has 0 saturated carbocycles. The summed E-state index contributed by atoms with van der Waals surface area (Å²) >= 11 is 1.83. The fraction of sp³-hybridized carbons (Fsp3) is 0.237. The first-order chi connectivity index (χ1) is 20.3. The van der Waals surface area contributed by atoms with Gasteiger partial charge >= 0.3 is 0 Å². The number of hydrogen-bond donors (Lipinski definition) is 1. The van der Waals surface area contributed by atoms with Crippen LogP contribution in [0.3, 0.4) is 0 Å². The van der Waals surface area contributed by atoms with E-state index in [9.17, 15) is 9.90 Å². The smallest absolute Gasteiger partial charge is 0.164 e. The Morgan fingerprint density at radius 3 is 2.30 bits per heavy atom. The van der Waals surface area contributed by atoms with Crippen LogP contribution in [0.1, 0.15) is 47.2 Å². The number of hydrogen-bond acceptors (Lipinski definition) is 5. The quantitative estimate of drug-likeness (QED) is 0.0779. The minimum absolute atomic E-state index is 0. The first-order valence-corrected chi connectivity index (χ1v) is 15.3. The zero-order chi connectivity index (χ0) is 30.7. The molecule has 0 atom stereocenters. The maximum absolute atomic E-state index is 11.5. The van der Waals surface area contributed by atoms with Gasteiger partial charge in [0.1, 0.15) is 5.76 Å². The number of allylic oxidation sites excluding steroid dienone is 2. The first-order valence-electron chi connectivity index (χ1n) is 14.5. The fourth-order valence-electron chi connectivity index (χ4n) is 5.22. The molecule has 0 fully saturated rings. The molecule has 44 heavy (non-hydrogen) atoms. The van der Waals surface area contributed by atoms with Crippen LogP contribution in [-0.2, 0) is 24.9 Å². The third kappa shape index (κ3) is 5.91. The van der Waals surface area contributed by atoms with Crippen LogP contribution in [0.25, 0.3) is 54.3 Å². The van der Waals surface area contributed by atoms with Crippen molar-refractivity contribution in [3.05, 3.63) is 96.7 Å². The van der Waals surface area contributed by atoms with Crippen LogP contribution in [0.4, 0.5) is 0 Å². The van der Waals surface area contributed by atoms with Crippen molar-refractivity contribution in [1.29, 1.82) is 0 Å². The van der Waals surface area contributed by atoms with Gasteiger partial charge < -0.3 is 5.11 Å². The second kappa shape index (κ2) is 11.7. The second-order valence-electron chi connectivity index (χ2n) is 13.3. The number of aliphatic hydroxyl groups excluding tert-OH is 1. The van der Waals surface area contributed by atoms with Gasteiger partial charge in [0.05, 0.1) is 0 Å². The van der Waals surface area contributed by atoms with Crippen LogP contribution in [0.15, 0.2) is 94.7 Å². The summed E-state index contributed by atoms with van der Waals surface area (Å²) in [5, 5.41) is 19.4. The molecular formula is C38H35IrN2O2S-. The van der Waals surface area contributed by atoms with Crippen molar-refractivity contribution in [2.45, 2.75) is 58.3 Å². The SMILES string of the molecule is CC(C)(C)C(=O)/C=C(\O)C(C)(C)C.Cc1cc2c(ccc3c4ccnc5c4c(cc23)Sc2cc3ccccc3[c-]c2-5)cn1.[Ir]. The maximum Gasteiger partial charge on any atom is 0.164 e. The predicted molar refractivity (Wildman–Crippen MR) is 180 cm³/mol. The van der Waals surface area contributed by atoms with Crippen molar-refractivity contribution in [1.82, 2.24) is 9.97 Å². The normalized spacial score (nSPS) is 12.9. The molecule has 0 amide bonds. The van der Waals surface area contributed by atoms with Gasteiger partial charge in [0.2, 0.25) is 0 Å². The van der Waals surface area contributed by atoms with E-state index < -0.39 is 5.41 Å². The molecule has 6 heteroatoms. The van der Waals surface area contributed by atoms with Gasteiger partial charge in [-0.1, -0.05) is 82.8 Å². The fourth-order valence-corrected chi connectivity index (χ4v) is 6.38. The van der Waals surface area contributed by atoms with Crippen LogP contribution in [0.5, 0.6) is 0 Å². The van der Waals surface area contributed by atoms with E-state index in [4.69, 9.17) is 4.98 Å². The summed E-state index contributed by atoms with van der Waals surface area (Å²) < 4.78 is 0. The number of pyridine rings is 2. The Labute approximate surface area is 276 Å². The van der Waals surface area contributed by atoms with Gasteiger partial charge in [0.15, 0.2) is 5.78 Å². The Morgan fingerprint density at radius 1 is 0.818 bits per heavy atom. The Morgan fingerprint density at radius 2 is 1.57 bits per heavy atom. The molecule has 1 radical (unpaired) electrons. The summed E-state index contributed by atoms with van der Waals surface area (Å²) in [4.78, 5) is 23.3. The van der Waals surface area contributed by atoms with E-state index in [1.807, 2.05) is 65.7 Å². The number of fused-ring (bicyclic) bond motifs is 7. The predicted octanol–water partition coefficient (Wildman–Crippen LogP) is 10.4. The van der Waals surface area contributed by atoms with E-state index in [0.29, 0.717) is 0 Å². The number of rotatable bonds is 1.